The van der Waals surface area contributed by atoms with Crippen LogP contribution in [0.5, 0.6) is 5.75 Å². The number of nitro benzene ring substituents is 1. The van der Waals surface area contributed by atoms with Crippen LogP contribution in [0.3, 0.4) is 0 Å². The number of ether oxygens (including phenoxy) is 1. The molecule has 6 nitrogen and oxygen atoms in total. The van der Waals surface area contributed by atoms with Crippen molar-refractivity contribution in [1.29, 1.82) is 0 Å². The third kappa shape index (κ3) is 5.34. The van der Waals surface area contributed by atoms with Gasteiger partial charge in [0.25, 0.3) is 5.69 Å². The minimum absolute atomic E-state index is 0.0357. The number of hydrogen-bond donors (Lipinski definition) is 1. The van der Waals surface area contributed by atoms with E-state index in [1.807, 2.05) is 31.2 Å². The molecule has 2 aromatic carbocycles. The van der Waals surface area contributed by atoms with Crippen LogP contribution in [0.4, 0.5) is 11.4 Å². The number of carbonyl (C=O) groups is 1. The summed E-state index contributed by atoms with van der Waals surface area (Å²) >= 11 is 3.22. The van der Waals surface area contributed by atoms with E-state index in [2.05, 4.69) is 21.2 Å². The van der Waals surface area contributed by atoms with Crippen molar-refractivity contribution in [3.63, 3.8) is 0 Å². The van der Waals surface area contributed by atoms with E-state index in [0.717, 1.165) is 11.3 Å². The fourth-order valence-electron chi connectivity index (χ4n) is 2.06. The van der Waals surface area contributed by atoms with Crippen LogP contribution in [0.1, 0.15) is 18.4 Å². The highest BCUT2D eigenvalue weighted by atomic mass is 79.9. The maximum atomic E-state index is 11.9. The van der Waals surface area contributed by atoms with E-state index in [4.69, 9.17) is 4.74 Å². The lowest BCUT2D eigenvalue weighted by atomic mass is 10.2. The molecule has 0 bridgehead atoms. The van der Waals surface area contributed by atoms with E-state index < -0.39 is 4.92 Å². The number of aryl methyl sites for hydroxylation is 1. The van der Waals surface area contributed by atoms with Crippen LogP contribution in [0.25, 0.3) is 0 Å². The van der Waals surface area contributed by atoms with E-state index in [1.165, 1.54) is 18.2 Å². The molecule has 0 saturated heterocycles. The Bertz CT molecular complexity index is 749. The molecule has 0 unspecified atom stereocenters. The molecule has 24 heavy (non-hydrogen) atoms. The van der Waals surface area contributed by atoms with Crippen LogP contribution >= 0.6 is 15.9 Å². The number of nitrogens with one attached hydrogen (secondary N) is 1. The van der Waals surface area contributed by atoms with E-state index in [-0.39, 0.29) is 11.6 Å². The largest absolute Gasteiger partial charge is 0.494 e. The molecule has 0 spiro atoms. The van der Waals surface area contributed by atoms with Crippen LogP contribution in [-0.4, -0.2) is 17.4 Å². The topological polar surface area (TPSA) is 81.5 Å². The molecular weight excluding hydrogens is 376 g/mol. The Labute approximate surface area is 148 Å². The number of hydrogen-bond acceptors (Lipinski definition) is 4. The lowest BCUT2D eigenvalue weighted by Gasteiger charge is -2.08. The number of benzene rings is 2. The normalized spacial score (nSPS) is 10.2. The quantitative estimate of drug-likeness (QED) is 0.428. The lowest BCUT2D eigenvalue weighted by Crippen LogP contribution is -2.13. The van der Waals surface area contributed by atoms with E-state index in [9.17, 15) is 14.9 Å². The third-order valence-electron chi connectivity index (χ3n) is 3.24. The maximum absolute atomic E-state index is 11.9. The monoisotopic (exact) mass is 392 g/mol. The fraction of sp³-hybridized carbons (Fsp3) is 0.235. The molecule has 0 aliphatic carbocycles. The summed E-state index contributed by atoms with van der Waals surface area (Å²) in [5.41, 5.74) is 1.59. The van der Waals surface area contributed by atoms with Gasteiger partial charge < -0.3 is 10.1 Å². The second-order valence-corrected chi connectivity index (χ2v) is 6.09. The maximum Gasteiger partial charge on any atom is 0.270 e. The van der Waals surface area contributed by atoms with Gasteiger partial charge >= 0.3 is 0 Å². The second kappa shape index (κ2) is 8.44. The minimum Gasteiger partial charge on any atom is -0.494 e. The summed E-state index contributed by atoms with van der Waals surface area (Å²) in [6, 6.07) is 11.9. The predicted octanol–water partition coefficient (Wildman–Crippen LogP) is 4.46. The van der Waals surface area contributed by atoms with Crippen LogP contribution in [0.15, 0.2) is 46.9 Å². The van der Waals surface area contributed by atoms with Gasteiger partial charge in [0.05, 0.1) is 17.2 Å². The van der Waals surface area contributed by atoms with Crippen molar-refractivity contribution in [2.45, 2.75) is 19.8 Å². The van der Waals surface area contributed by atoms with Crippen LogP contribution < -0.4 is 10.1 Å². The molecule has 0 atom stereocenters. The molecule has 2 aromatic rings. The van der Waals surface area contributed by atoms with Crippen molar-refractivity contribution in [2.75, 3.05) is 11.9 Å². The first-order chi connectivity index (χ1) is 11.5. The number of nitrogens with zero attached hydrogens (tertiary/aromatic N) is 1. The zero-order valence-corrected chi connectivity index (χ0v) is 14.7. The molecule has 126 valence electrons. The Balaban J connectivity index is 1.78. The Morgan fingerprint density at radius 3 is 2.75 bits per heavy atom. The first-order valence-corrected chi connectivity index (χ1v) is 8.18. The summed E-state index contributed by atoms with van der Waals surface area (Å²) in [5, 5.41) is 13.4. The summed E-state index contributed by atoms with van der Waals surface area (Å²) in [6.07, 6.45) is 0.875. The van der Waals surface area contributed by atoms with Gasteiger partial charge in [-0.3, -0.25) is 14.9 Å². The first kappa shape index (κ1) is 17.9. The van der Waals surface area contributed by atoms with Crippen molar-refractivity contribution >= 4 is 33.2 Å². The number of anilines is 1. The minimum atomic E-state index is -0.487. The summed E-state index contributed by atoms with van der Waals surface area (Å²) in [7, 11) is 0. The van der Waals surface area contributed by atoms with Crippen molar-refractivity contribution in [1.82, 2.24) is 0 Å². The molecule has 1 N–H and O–H groups in total. The van der Waals surface area contributed by atoms with Crippen molar-refractivity contribution in [2.24, 2.45) is 0 Å². The van der Waals surface area contributed by atoms with Gasteiger partial charge in [0.1, 0.15) is 5.75 Å². The molecule has 1 amide bonds. The van der Waals surface area contributed by atoms with Crippen LogP contribution in [-0.2, 0) is 4.79 Å². The van der Waals surface area contributed by atoms with Gasteiger partial charge in [-0.25, -0.2) is 0 Å². The molecule has 0 radical (unpaired) electrons. The summed E-state index contributed by atoms with van der Waals surface area (Å²) in [6.45, 7) is 2.43. The molecular formula is C17H17BrN2O4. The summed E-state index contributed by atoms with van der Waals surface area (Å²) in [4.78, 5) is 22.1. The molecule has 0 heterocycles. The SMILES string of the molecule is Cc1cccc(OCCCC(=O)Nc2ccc([N+](=O)[O-])cc2Br)c1. The summed E-state index contributed by atoms with van der Waals surface area (Å²) < 4.78 is 6.06. The summed E-state index contributed by atoms with van der Waals surface area (Å²) in [5.74, 6) is 0.617. The van der Waals surface area contributed by atoms with Gasteiger partial charge in [-0.2, -0.15) is 0 Å². The standard InChI is InChI=1S/C17H17BrN2O4/c1-12-4-2-5-14(10-12)24-9-3-6-17(21)19-16-8-7-13(20(22)23)11-15(16)18/h2,4-5,7-8,10-11H,3,6,9H2,1H3,(H,19,21). The van der Waals surface area contributed by atoms with Gasteiger partial charge in [-0.1, -0.05) is 12.1 Å². The molecule has 0 aromatic heterocycles. The Hall–Kier alpha value is -2.41. The third-order valence-corrected chi connectivity index (χ3v) is 3.90. The van der Waals surface area contributed by atoms with Gasteiger partial charge in [0.15, 0.2) is 0 Å². The highest BCUT2D eigenvalue weighted by Gasteiger charge is 2.11. The van der Waals surface area contributed by atoms with E-state index in [1.54, 1.807) is 0 Å². The second-order valence-electron chi connectivity index (χ2n) is 5.24. The molecule has 0 aliphatic heterocycles. The number of halogens is 1. The van der Waals surface area contributed by atoms with Gasteiger partial charge in [-0.15, -0.1) is 0 Å². The smallest absolute Gasteiger partial charge is 0.270 e. The number of non-ortho nitro benzene ring substituents is 1. The Kier molecular flexibility index (Phi) is 6.31. The molecule has 0 aliphatic rings. The highest BCUT2D eigenvalue weighted by Crippen LogP contribution is 2.27. The van der Waals surface area contributed by atoms with Crippen LogP contribution in [0, 0.1) is 17.0 Å². The predicted molar refractivity (Wildman–Crippen MR) is 95.3 cm³/mol. The number of carbonyl (C=O) groups excluding carboxylic acids is 1. The fourth-order valence-corrected chi connectivity index (χ4v) is 2.53. The van der Waals surface area contributed by atoms with E-state index in [0.29, 0.717) is 29.6 Å². The van der Waals surface area contributed by atoms with E-state index >= 15 is 0 Å². The number of rotatable bonds is 7. The number of nitro groups is 1. The van der Waals surface area contributed by atoms with Crippen LogP contribution in [0.2, 0.25) is 0 Å². The van der Waals surface area contributed by atoms with Gasteiger partial charge in [-0.05, 0) is 53.0 Å². The number of amides is 1. The highest BCUT2D eigenvalue weighted by molar-refractivity contribution is 9.10. The van der Waals surface area contributed by atoms with Gasteiger partial charge in [0, 0.05) is 23.0 Å². The zero-order chi connectivity index (χ0) is 17.5. The van der Waals surface area contributed by atoms with Gasteiger partial charge in [0.2, 0.25) is 5.91 Å². The Morgan fingerprint density at radius 1 is 1.29 bits per heavy atom. The molecule has 0 saturated carbocycles. The average molecular weight is 393 g/mol. The molecule has 2 rings (SSSR count). The molecule has 0 fully saturated rings. The average Bonchev–Trinajstić information content (AvgIpc) is 2.53. The zero-order valence-electron chi connectivity index (χ0n) is 13.1. The lowest BCUT2D eigenvalue weighted by molar-refractivity contribution is -0.384. The van der Waals surface area contributed by atoms with Crippen molar-refractivity contribution < 1.29 is 14.5 Å². The van der Waals surface area contributed by atoms with Crippen molar-refractivity contribution in [3.05, 3.63) is 62.6 Å². The first-order valence-electron chi connectivity index (χ1n) is 7.39. The Morgan fingerprint density at radius 2 is 2.08 bits per heavy atom. The molecule has 7 heteroatoms. The van der Waals surface area contributed by atoms with Crippen molar-refractivity contribution in [3.8, 4) is 5.75 Å².